The number of hydrogen-bond donors (Lipinski definition) is 0. The maximum Gasteiger partial charge on any atom is 0.160 e. The minimum absolute atomic E-state index is 0.705. The zero-order chi connectivity index (χ0) is 33.7. The van der Waals surface area contributed by atoms with Gasteiger partial charge in [-0.15, -0.1) is 11.3 Å². The quantitative estimate of drug-likeness (QED) is 0.135. The van der Waals surface area contributed by atoms with Crippen molar-refractivity contribution in [3.8, 4) is 55.5 Å². The highest BCUT2D eigenvalue weighted by Gasteiger charge is 2.17. The van der Waals surface area contributed by atoms with Crippen LogP contribution in [-0.2, 0) is 0 Å². The molecular weight excluding hydrogens is 637 g/mol. The van der Waals surface area contributed by atoms with Gasteiger partial charge in [0.05, 0.1) is 11.4 Å². The minimum Gasteiger partial charge on any atom is -0.228 e. The van der Waals surface area contributed by atoms with Gasteiger partial charge >= 0.3 is 0 Å². The lowest BCUT2D eigenvalue weighted by molar-refractivity contribution is 1.19. The van der Waals surface area contributed by atoms with Crippen LogP contribution in [0.3, 0.4) is 0 Å². The average molecular weight is 667 g/mol. The van der Waals surface area contributed by atoms with Crippen molar-refractivity contribution < 1.29 is 0 Å². The summed E-state index contributed by atoms with van der Waals surface area (Å²) >= 11 is 1.82. The standard InChI is InChI=1S/C48H30N2S/c1-2-11-31(12-3-1)32-21-23-34(24-22-32)48-49-43(36-16-10-17-37(27-36)46-29-38-15-6-9-20-45(38)51-46)30-44(50-48)47-40-19-8-5-14-35(40)28-42-39-18-7-4-13-33(39)25-26-41(42)47/h1-30H. The van der Waals surface area contributed by atoms with Crippen molar-refractivity contribution in [1.82, 2.24) is 9.97 Å². The van der Waals surface area contributed by atoms with Crippen LogP contribution in [0.2, 0.25) is 0 Å². The van der Waals surface area contributed by atoms with E-state index in [0.29, 0.717) is 5.82 Å². The normalized spacial score (nSPS) is 11.5. The van der Waals surface area contributed by atoms with Crippen molar-refractivity contribution in [2.45, 2.75) is 0 Å². The summed E-state index contributed by atoms with van der Waals surface area (Å²) in [5.74, 6) is 0.705. The fourth-order valence-corrected chi connectivity index (χ4v) is 8.41. The summed E-state index contributed by atoms with van der Waals surface area (Å²) in [7, 11) is 0. The van der Waals surface area contributed by atoms with Crippen LogP contribution in [0.4, 0.5) is 0 Å². The molecule has 0 bridgehead atoms. The Balaban J connectivity index is 1.21. The molecule has 0 atom stereocenters. The molecule has 10 aromatic rings. The Kier molecular flexibility index (Phi) is 7.04. The summed E-state index contributed by atoms with van der Waals surface area (Å²) in [6.45, 7) is 0. The maximum absolute atomic E-state index is 5.38. The molecule has 2 aromatic heterocycles. The van der Waals surface area contributed by atoms with Crippen LogP contribution in [-0.4, -0.2) is 9.97 Å². The second kappa shape index (κ2) is 12.2. The molecule has 51 heavy (non-hydrogen) atoms. The molecule has 0 aliphatic rings. The summed E-state index contributed by atoms with van der Waals surface area (Å²) in [4.78, 5) is 11.9. The van der Waals surface area contributed by atoms with Gasteiger partial charge < -0.3 is 0 Å². The summed E-state index contributed by atoms with van der Waals surface area (Å²) in [6, 6.07) is 65.1. The fraction of sp³-hybridized carbons (Fsp3) is 0. The first kappa shape index (κ1) is 29.5. The van der Waals surface area contributed by atoms with Crippen LogP contribution in [0.1, 0.15) is 0 Å². The Bertz CT molecular complexity index is 2870. The van der Waals surface area contributed by atoms with E-state index in [1.807, 2.05) is 17.4 Å². The zero-order valence-corrected chi connectivity index (χ0v) is 28.4. The lowest BCUT2D eigenvalue weighted by atomic mass is 9.91. The zero-order valence-electron chi connectivity index (χ0n) is 27.6. The van der Waals surface area contributed by atoms with E-state index in [1.165, 1.54) is 64.0 Å². The molecule has 0 amide bonds. The van der Waals surface area contributed by atoms with Crippen molar-refractivity contribution >= 4 is 53.7 Å². The second-order valence-corrected chi connectivity index (χ2v) is 14.1. The molecule has 0 spiro atoms. The Hall–Kier alpha value is -6.42. The SMILES string of the molecule is c1ccc(-c2ccc(-c3nc(-c4cccc(-c5cc6ccccc6s5)c4)cc(-c4c5ccccc5cc5c4ccc4ccccc45)n3)cc2)cc1. The Morgan fingerprint density at radius 3 is 1.82 bits per heavy atom. The van der Waals surface area contributed by atoms with Crippen LogP contribution >= 0.6 is 11.3 Å². The van der Waals surface area contributed by atoms with Gasteiger partial charge in [0.2, 0.25) is 0 Å². The molecular formula is C48H30N2S. The molecule has 238 valence electrons. The smallest absolute Gasteiger partial charge is 0.160 e. The third kappa shape index (κ3) is 5.27. The monoisotopic (exact) mass is 666 g/mol. The van der Waals surface area contributed by atoms with Crippen molar-refractivity contribution in [1.29, 1.82) is 0 Å². The van der Waals surface area contributed by atoms with Gasteiger partial charge in [0.25, 0.3) is 0 Å². The van der Waals surface area contributed by atoms with Crippen LogP contribution < -0.4 is 0 Å². The van der Waals surface area contributed by atoms with E-state index < -0.39 is 0 Å². The Morgan fingerprint density at radius 1 is 0.333 bits per heavy atom. The Morgan fingerprint density at radius 2 is 0.980 bits per heavy atom. The van der Waals surface area contributed by atoms with Gasteiger partial charge in [-0.05, 0) is 84.7 Å². The minimum atomic E-state index is 0.705. The molecule has 2 nitrogen and oxygen atoms in total. The number of thiophene rings is 1. The van der Waals surface area contributed by atoms with Gasteiger partial charge in [-0.3, -0.25) is 0 Å². The van der Waals surface area contributed by atoms with Crippen LogP contribution in [0.25, 0.3) is 97.9 Å². The molecule has 2 heterocycles. The van der Waals surface area contributed by atoms with Gasteiger partial charge in [-0.1, -0.05) is 152 Å². The topological polar surface area (TPSA) is 25.8 Å². The number of benzene rings is 8. The van der Waals surface area contributed by atoms with Gasteiger partial charge in [-0.25, -0.2) is 9.97 Å². The van der Waals surface area contributed by atoms with Gasteiger partial charge in [0.1, 0.15) is 0 Å². The van der Waals surface area contributed by atoms with E-state index in [4.69, 9.17) is 9.97 Å². The summed E-state index contributed by atoms with van der Waals surface area (Å²) in [5.41, 5.74) is 8.51. The van der Waals surface area contributed by atoms with E-state index in [1.54, 1.807) is 0 Å². The van der Waals surface area contributed by atoms with E-state index in [0.717, 1.165) is 28.1 Å². The van der Waals surface area contributed by atoms with E-state index in [-0.39, 0.29) is 0 Å². The average Bonchev–Trinajstić information content (AvgIpc) is 3.65. The first-order chi connectivity index (χ1) is 25.2. The Labute approximate surface area is 300 Å². The molecule has 0 saturated carbocycles. The van der Waals surface area contributed by atoms with Crippen molar-refractivity contribution in [2.24, 2.45) is 0 Å². The number of rotatable bonds is 5. The molecule has 0 radical (unpaired) electrons. The molecule has 0 aliphatic heterocycles. The molecule has 8 aromatic carbocycles. The third-order valence-electron chi connectivity index (χ3n) is 9.87. The molecule has 0 saturated heterocycles. The predicted octanol–water partition coefficient (Wildman–Crippen LogP) is 13.5. The lowest BCUT2D eigenvalue weighted by Crippen LogP contribution is -1.97. The summed E-state index contributed by atoms with van der Waals surface area (Å²) in [6.07, 6.45) is 0. The fourth-order valence-electron chi connectivity index (χ4n) is 7.35. The van der Waals surface area contributed by atoms with Gasteiger partial charge in [0.15, 0.2) is 5.82 Å². The van der Waals surface area contributed by atoms with Crippen LogP contribution in [0, 0.1) is 0 Å². The molecule has 0 unspecified atom stereocenters. The third-order valence-corrected chi connectivity index (χ3v) is 11.0. The van der Waals surface area contributed by atoms with E-state index in [2.05, 4.69) is 176 Å². The number of hydrogen-bond acceptors (Lipinski definition) is 3. The molecule has 0 aliphatic carbocycles. The molecule has 0 fully saturated rings. The van der Waals surface area contributed by atoms with Crippen LogP contribution in [0.15, 0.2) is 182 Å². The van der Waals surface area contributed by atoms with Gasteiger partial charge in [0, 0.05) is 26.3 Å². The van der Waals surface area contributed by atoms with Gasteiger partial charge in [-0.2, -0.15) is 0 Å². The predicted molar refractivity (Wildman–Crippen MR) is 217 cm³/mol. The molecule has 3 heteroatoms. The highest BCUT2D eigenvalue weighted by atomic mass is 32.1. The summed E-state index contributed by atoms with van der Waals surface area (Å²) < 4.78 is 1.29. The van der Waals surface area contributed by atoms with Crippen LogP contribution in [0.5, 0.6) is 0 Å². The molecule has 10 rings (SSSR count). The van der Waals surface area contributed by atoms with E-state index >= 15 is 0 Å². The highest BCUT2D eigenvalue weighted by Crippen LogP contribution is 2.41. The number of aromatic nitrogens is 2. The van der Waals surface area contributed by atoms with E-state index in [9.17, 15) is 0 Å². The number of fused-ring (bicyclic) bond motifs is 5. The number of nitrogens with zero attached hydrogens (tertiary/aromatic N) is 2. The maximum atomic E-state index is 5.38. The van der Waals surface area contributed by atoms with Crippen molar-refractivity contribution in [3.63, 3.8) is 0 Å². The highest BCUT2D eigenvalue weighted by molar-refractivity contribution is 7.22. The second-order valence-electron chi connectivity index (χ2n) is 13.0. The largest absolute Gasteiger partial charge is 0.228 e. The molecule has 0 N–H and O–H groups in total. The van der Waals surface area contributed by atoms with Crippen molar-refractivity contribution in [2.75, 3.05) is 0 Å². The first-order valence-electron chi connectivity index (χ1n) is 17.2. The summed E-state index contributed by atoms with van der Waals surface area (Å²) in [5, 5.41) is 8.51. The van der Waals surface area contributed by atoms with Crippen molar-refractivity contribution in [3.05, 3.63) is 182 Å². The lowest BCUT2D eigenvalue weighted by Gasteiger charge is -2.15. The first-order valence-corrected chi connectivity index (χ1v) is 18.0.